The summed E-state index contributed by atoms with van der Waals surface area (Å²) in [6.45, 7) is 2.72. The molecule has 2 aromatic heterocycles. The summed E-state index contributed by atoms with van der Waals surface area (Å²) in [6.07, 6.45) is 2.04. The maximum Gasteiger partial charge on any atom is 0.145 e. The lowest BCUT2D eigenvalue weighted by Gasteiger charge is -2.07. The largest absolute Gasteiger partial charge is 0.396 e. The normalized spacial score (nSPS) is 11.2. The van der Waals surface area contributed by atoms with Gasteiger partial charge in [-0.15, -0.1) is 0 Å². The minimum Gasteiger partial charge on any atom is -0.396 e. The number of hydrogen-bond acceptors (Lipinski definition) is 4. The van der Waals surface area contributed by atoms with Gasteiger partial charge in [-0.2, -0.15) is 0 Å². The average molecular weight is 292 g/mol. The van der Waals surface area contributed by atoms with Crippen molar-refractivity contribution in [1.82, 2.24) is 14.5 Å². The Morgan fingerprint density at radius 3 is 2.64 bits per heavy atom. The van der Waals surface area contributed by atoms with E-state index in [2.05, 4.69) is 9.97 Å². The first kappa shape index (κ1) is 14.6. The molecule has 2 radical (unpaired) electrons. The van der Waals surface area contributed by atoms with E-state index >= 15 is 0 Å². The number of aliphatic hydroxyl groups is 1. The summed E-state index contributed by atoms with van der Waals surface area (Å²) < 4.78 is 1.89. The Morgan fingerprint density at radius 1 is 1.23 bits per heavy atom. The fraction of sp³-hybridized carbons (Fsp3) is 0.250. The third-order valence-electron chi connectivity index (χ3n) is 3.79. The quantitative estimate of drug-likeness (QED) is 0.708. The Morgan fingerprint density at radius 2 is 1.95 bits per heavy atom. The van der Waals surface area contributed by atoms with E-state index in [1.807, 2.05) is 35.8 Å². The van der Waals surface area contributed by atoms with E-state index in [9.17, 15) is 0 Å². The van der Waals surface area contributed by atoms with Crippen LogP contribution in [-0.2, 0) is 6.54 Å². The number of fused-ring (bicyclic) bond motifs is 1. The summed E-state index contributed by atoms with van der Waals surface area (Å²) in [4.78, 5) is 8.42. The molecule has 0 saturated carbocycles. The van der Waals surface area contributed by atoms with Crippen LogP contribution < -0.4 is 11.3 Å². The van der Waals surface area contributed by atoms with Crippen molar-refractivity contribution in [1.29, 1.82) is 0 Å². The minimum atomic E-state index is 0.0968. The van der Waals surface area contributed by atoms with Crippen LogP contribution in [0.2, 0.25) is 0 Å². The number of nitrogen functional groups attached to an aromatic ring is 1. The monoisotopic (exact) mass is 292 g/mol. The zero-order chi connectivity index (χ0) is 15.7. The van der Waals surface area contributed by atoms with Crippen LogP contribution in [0.4, 0.5) is 5.82 Å². The van der Waals surface area contributed by atoms with Gasteiger partial charge in [0.25, 0.3) is 0 Å². The van der Waals surface area contributed by atoms with Gasteiger partial charge < -0.3 is 15.4 Å². The van der Waals surface area contributed by atoms with Crippen molar-refractivity contribution >= 4 is 30.3 Å². The van der Waals surface area contributed by atoms with Gasteiger partial charge in [-0.05, 0) is 24.5 Å². The molecular formula is C16H17BN4O. The predicted octanol–water partition coefficient (Wildman–Crippen LogP) is 1.17. The molecule has 0 spiro atoms. The molecule has 22 heavy (non-hydrogen) atoms. The van der Waals surface area contributed by atoms with Crippen molar-refractivity contribution in [3.63, 3.8) is 0 Å². The van der Waals surface area contributed by atoms with E-state index in [0.717, 1.165) is 16.5 Å². The second-order valence-electron chi connectivity index (χ2n) is 5.31. The molecule has 0 fully saturated rings. The molecule has 3 rings (SSSR count). The number of rotatable bonds is 4. The van der Waals surface area contributed by atoms with Crippen LogP contribution in [0.15, 0.2) is 30.6 Å². The summed E-state index contributed by atoms with van der Waals surface area (Å²) >= 11 is 0. The van der Waals surface area contributed by atoms with Crippen LogP contribution in [0.25, 0.3) is 22.2 Å². The number of anilines is 1. The zero-order valence-corrected chi connectivity index (χ0v) is 12.5. The smallest absolute Gasteiger partial charge is 0.145 e. The van der Waals surface area contributed by atoms with Gasteiger partial charge in [0.05, 0.1) is 5.39 Å². The standard InChI is InChI=1S/C16H17BN4O/c1-10-3-5-11(6-4-10)12-13-15(18)19-9-20-16(13)21(14(12)17)7-2-8-22/h3-6,9,22H,2,7-8H2,1H3,(H2,18,19,20). The molecule has 1 aromatic carbocycles. The number of aryl methyl sites for hydroxylation is 2. The summed E-state index contributed by atoms with van der Waals surface area (Å²) in [6, 6.07) is 8.10. The van der Waals surface area contributed by atoms with Gasteiger partial charge in [0, 0.05) is 18.7 Å². The van der Waals surface area contributed by atoms with E-state index in [1.165, 1.54) is 11.9 Å². The molecule has 0 bridgehead atoms. The van der Waals surface area contributed by atoms with Crippen molar-refractivity contribution in [3.8, 4) is 11.1 Å². The van der Waals surface area contributed by atoms with Crippen molar-refractivity contribution in [3.05, 3.63) is 36.2 Å². The average Bonchev–Trinajstić information content (AvgIpc) is 2.80. The van der Waals surface area contributed by atoms with E-state index in [-0.39, 0.29) is 6.61 Å². The molecule has 2 heterocycles. The van der Waals surface area contributed by atoms with E-state index in [4.69, 9.17) is 18.7 Å². The third-order valence-corrected chi connectivity index (χ3v) is 3.79. The Bertz CT molecular complexity index is 811. The van der Waals surface area contributed by atoms with Crippen LogP contribution in [-0.4, -0.2) is 34.1 Å². The maximum absolute atomic E-state index is 9.09. The van der Waals surface area contributed by atoms with Crippen LogP contribution >= 0.6 is 0 Å². The molecule has 0 amide bonds. The topological polar surface area (TPSA) is 77.0 Å². The highest BCUT2D eigenvalue weighted by molar-refractivity contribution is 6.38. The van der Waals surface area contributed by atoms with E-state index in [1.54, 1.807) is 0 Å². The van der Waals surface area contributed by atoms with Crippen molar-refractivity contribution < 1.29 is 5.11 Å². The molecule has 3 N–H and O–H groups in total. The zero-order valence-electron chi connectivity index (χ0n) is 12.5. The lowest BCUT2D eigenvalue weighted by Crippen LogP contribution is -2.19. The van der Waals surface area contributed by atoms with Gasteiger partial charge in [0.15, 0.2) is 0 Å². The fourth-order valence-corrected chi connectivity index (χ4v) is 2.68. The highest BCUT2D eigenvalue weighted by atomic mass is 16.3. The molecule has 0 aliphatic rings. The predicted molar refractivity (Wildman–Crippen MR) is 89.2 cm³/mol. The molecule has 5 nitrogen and oxygen atoms in total. The Hall–Kier alpha value is -2.34. The van der Waals surface area contributed by atoms with Crippen LogP contribution in [0.5, 0.6) is 0 Å². The molecule has 0 unspecified atom stereocenters. The molecule has 0 aliphatic carbocycles. The van der Waals surface area contributed by atoms with Crippen molar-refractivity contribution in [2.75, 3.05) is 12.3 Å². The van der Waals surface area contributed by atoms with Gasteiger partial charge in [-0.1, -0.05) is 29.8 Å². The van der Waals surface area contributed by atoms with Crippen molar-refractivity contribution in [2.45, 2.75) is 19.9 Å². The van der Waals surface area contributed by atoms with E-state index in [0.29, 0.717) is 30.0 Å². The highest BCUT2D eigenvalue weighted by Crippen LogP contribution is 2.30. The molecule has 3 aromatic rings. The highest BCUT2D eigenvalue weighted by Gasteiger charge is 2.18. The van der Waals surface area contributed by atoms with Crippen LogP contribution in [0.3, 0.4) is 0 Å². The number of aliphatic hydroxyl groups excluding tert-OH is 1. The first-order valence-corrected chi connectivity index (χ1v) is 7.19. The van der Waals surface area contributed by atoms with Gasteiger partial charge in [-0.3, -0.25) is 0 Å². The lowest BCUT2D eigenvalue weighted by molar-refractivity contribution is 0.281. The number of benzene rings is 1. The Balaban J connectivity index is 2.28. The number of aromatic nitrogens is 3. The second kappa shape index (κ2) is 5.81. The summed E-state index contributed by atoms with van der Waals surface area (Å²) in [5, 5.41) is 9.85. The van der Waals surface area contributed by atoms with E-state index < -0.39 is 0 Å². The number of nitrogens with zero attached hydrogens (tertiary/aromatic N) is 3. The summed E-state index contributed by atoms with van der Waals surface area (Å²) in [5.74, 6) is 0.412. The Kier molecular flexibility index (Phi) is 3.85. The van der Waals surface area contributed by atoms with Gasteiger partial charge in [-0.25, -0.2) is 9.97 Å². The number of nitrogens with two attached hydrogens (primary N) is 1. The molecule has 0 saturated heterocycles. The third kappa shape index (κ3) is 2.35. The van der Waals surface area contributed by atoms with Gasteiger partial charge in [0.2, 0.25) is 0 Å². The molecule has 6 heteroatoms. The van der Waals surface area contributed by atoms with Gasteiger partial charge >= 0.3 is 0 Å². The van der Waals surface area contributed by atoms with Gasteiger partial charge in [0.1, 0.15) is 25.6 Å². The van der Waals surface area contributed by atoms with Crippen molar-refractivity contribution in [2.24, 2.45) is 0 Å². The first-order valence-electron chi connectivity index (χ1n) is 7.19. The Labute approximate surface area is 130 Å². The molecule has 0 aliphatic heterocycles. The fourth-order valence-electron chi connectivity index (χ4n) is 2.68. The van der Waals surface area contributed by atoms with Crippen LogP contribution in [0, 0.1) is 6.92 Å². The lowest BCUT2D eigenvalue weighted by atomic mass is 9.92. The molecule has 0 atom stereocenters. The second-order valence-corrected chi connectivity index (χ2v) is 5.31. The van der Waals surface area contributed by atoms with Crippen LogP contribution in [0.1, 0.15) is 12.0 Å². The maximum atomic E-state index is 9.09. The first-order chi connectivity index (χ1) is 10.6. The minimum absolute atomic E-state index is 0.0968. The number of hydrogen-bond donors (Lipinski definition) is 2. The SMILES string of the molecule is [B]c1c(-c2ccc(C)cc2)c2c(N)ncnc2n1CCCO. The molecule has 110 valence electrons. The molecular weight excluding hydrogens is 275 g/mol. The summed E-state index contributed by atoms with van der Waals surface area (Å²) in [5.41, 5.74) is 10.4. The summed E-state index contributed by atoms with van der Waals surface area (Å²) in [7, 11) is 6.35.